The van der Waals surface area contributed by atoms with Crippen molar-refractivity contribution < 1.29 is 22.6 Å². The van der Waals surface area contributed by atoms with Crippen molar-refractivity contribution in [3.05, 3.63) is 53.2 Å². The molecule has 48 heavy (non-hydrogen) atoms. The maximum atomic E-state index is 17.1. The van der Waals surface area contributed by atoms with Crippen molar-refractivity contribution in [2.24, 2.45) is 0 Å². The van der Waals surface area contributed by atoms with Crippen LogP contribution in [0, 0.1) is 35.3 Å². The van der Waals surface area contributed by atoms with Crippen LogP contribution in [0.3, 0.4) is 0 Å². The molecule has 8 rings (SSSR count). The molecule has 4 aromatic rings. The number of pyridine rings is 1. The number of nitriles is 1. The molecule has 4 aliphatic rings. The average Bonchev–Trinajstić information content (AvgIpc) is 3.73. The molecule has 8 nitrogen and oxygen atoms in total. The van der Waals surface area contributed by atoms with Gasteiger partial charge in [-0.15, -0.1) is 6.42 Å². The zero-order valence-electron chi connectivity index (χ0n) is 26.9. The molecule has 0 radical (unpaired) electrons. The minimum Gasteiger partial charge on any atom is -0.461 e. The summed E-state index contributed by atoms with van der Waals surface area (Å²) >= 11 is 0. The Hall–Kier alpha value is -4.45. The van der Waals surface area contributed by atoms with Crippen LogP contribution in [0.4, 0.5) is 19.0 Å². The van der Waals surface area contributed by atoms with Gasteiger partial charge < -0.3 is 14.4 Å². The van der Waals surface area contributed by atoms with Crippen LogP contribution in [0.1, 0.15) is 57.1 Å². The molecule has 4 saturated heterocycles. The summed E-state index contributed by atoms with van der Waals surface area (Å²) in [5.74, 6) is 1.55. The molecule has 0 aliphatic carbocycles. The fraction of sp³-hybridized carbons (Fsp3) is 0.459. The maximum Gasteiger partial charge on any atom is 0.319 e. The van der Waals surface area contributed by atoms with Gasteiger partial charge in [0.15, 0.2) is 5.82 Å². The van der Waals surface area contributed by atoms with E-state index in [1.54, 1.807) is 32.0 Å². The van der Waals surface area contributed by atoms with Gasteiger partial charge in [0, 0.05) is 43.2 Å². The maximum absolute atomic E-state index is 17.1. The minimum atomic E-state index is -0.945. The summed E-state index contributed by atoms with van der Waals surface area (Å²) < 4.78 is 59.1. The Morgan fingerprint density at radius 2 is 1.94 bits per heavy atom. The summed E-state index contributed by atoms with van der Waals surface area (Å²) in [6.07, 6.45) is 10.5. The third-order valence-electron chi connectivity index (χ3n) is 10.7. The van der Waals surface area contributed by atoms with Gasteiger partial charge in [0.1, 0.15) is 35.6 Å². The lowest BCUT2D eigenvalue weighted by atomic mass is 9.82. The molecule has 11 heteroatoms. The Morgan fingerprint density at radius 3 is 2.69 bits per heavy atom. The topological polar surface area (TPSA) is 87.4 Å². The first-order valence-electron chi connectivity index (χ1n) is 16.5. The number of morpholine rings is 1. The highest BCUT2D eigenvalue weighted by Gasteiger charge is 2.49. The van der Waals surface area contributed by atoms with E-state index in [0.717, 1.165) is 32.2 Å². The normalized spacial score (nSPS) is 25.4. The molecule has 0 unspecified atom stereocenters. The summed E-state index contributed by atoms with van der Waals surface area (Å²) in [5.41, 5.74) is -0.650. The smallest absolute Gasteiger partial charge is 0.319 e. The molecule has 2 aromatic carbocycles. The summed E-state index contributed by atoms with van der Waals surface area (Å²) in [7, 11) is 0. The molecular formula is C37H35F3N6O2. The zero-order chi connectivity index (χ0) is 33.4. The molecule has 6 heterocycles. The molecule has 246 valence electrons. The van der Waals surface area contributed by atoms with Crippen molar-refractivity contribution in [1.29, 1.82) is 5.26 Å². The summed E-state index contributed by atoms with van der Waals surface area (Å²) in [5, 5.41) is 11.2. The van der Waals surface area contributed by atoms with Crippen LogP contribution in [0.15, 0.2) is 30.5 Å². The van der Waals surface area contributed by atoms with Gasteiger partial charge in [0.25, 0.3) is 0 Å². The second kappa shape index (κ2) is 11.3. The predicted octanol–water partition coefficient (Wildman–Crippen LogP) is 6.23. The molecule has 4 fully saturated rings. The van der Waals surface area contributed by atoms with E-state index in [-0.39, 0.29) is 47.2 Å². The van der Waals surface area contributed by atoms with E-state index < -0.39 is 28.8 Å². The number of nitrogens with zero attached hydrogens (tertiary/aromatic N) is 6. The summed E-state index contributed by atoms with van der Waals surface area (Å²) in [6, 6.07) is 8.56. The van der Waals surface area contributed by atoms with Crippen molar-refractivity contribution in [3.63, 3.8) is 0 Å². The van der Waals surface area contributed by atoms with Crippen LogP contribution in [0.5, 0.6) is 6.01 Å². The molecule has 0 amide bonds. The molecule has 0 saturated carbocycles. The average molecular weight is 653 g/mol. The highest BCUT2D eigenvalue weighted by Crippen LogP contribution is 2.42. The van der Waals surface area contributed by atoms with Crippen molar-refractivity contribution in [2.75, 3.05) is 37.7 Å². The van der Waals surface area contributed by atoms with Crippen molar-refractivity contribution in [1.82, 2.24) is 19.9 Å². The van der Waals surface area contributed by atoms with Crippen LogP contribution < -0.4 is 9.64 Å². The monoisotopic (exact) mass is 652 g/mol. The Morgan fingerprint density at radius 1 is 1.15 bits per heavy atom. The number of alkyl halides is 1. The summed E-state index contributed by atoms with van der Waals surface area (Å²) in [6.45, 7) is 6.04. The number of halogens is 3. The number of rotatable bonds is 6. The molecular weight excluding hydrogens is 617 g/mol. The van der Waals surface area contributed by atoms with E-state index >= 15 is 8.78 Å². The van der Waals surface area contributed by atoms with Crippen molar-refractivity contribution >= 4 is 27.5 Å². The van der Waals surface area contributed by atoms with E-state index in [2.05, 4.69) is 31.8 Å². The highest BCUT2D eigenvalue weighted by molar-refractivity contribution is 6.02. The van der Waals surface area contributed by atoms with Gasteiger partial charge in [-0.25, -0.2) is 13.2 Å². The number of ether oxygens (including phenoxy) is 2. The van der Waals surface area contributed by atoms with Gasteiger partial charge >= 0.3 is 6.01 Å². The number of benzene rings is 2. The molecule has 4 atom stereocenters. The van der Waals surface area contributed by atoms with Crippen LogP contribution in [0.2, 0.25) is 0 Å². The zero-order valence-corrected chi connectivity index (χ0v) is 26.9. The fourth-order valence-corrected chi connectivity index (χ4v) is 8.14. The van der Waals surface area contributed by atoms with Gasteiger partial charge in [0.2, 0.25) is 0 Å². The predicted molar refractivity (Wildman–Crippen MR) is 175 cm³/mol. The quantitative estimate of drug-likeness (QED) is 0.227. The third kappa shape index (κ3) is 4.94. The second-order valence-electron chi connectivity index (χ2n) is 14.2. The number of hydrogen-bond acceptors (Lipinski definition) is 8. The lowest BCUT2D eigenvalue weighted by molar-refractivity contribution is 0.0302. The standard InChI is InChI=1S/C37H35F3N6O2/c1-4-26-29(39)9-6-21-12-22(36(2,3)19-41)13-27(30(21)26)32-31(40)33-28(15-42-32)34(45-17-24-7-8-25(18-45)48-24)44-35(43-33)47-20-37-10-5-11-46(37)16-23(38)14-37/h1,6,9,12-13,15,23-25H,5,7-8,10-11,14,16-18,20H2,2-3H3/t23-,24-,25+,37+/m1/s1. The van der Waals surface area contributed by atoms with Gasteiger partial charge in [-0.1, -0.05) is 12.0 Å². The molecule has 2 aromatic heterocycles. The number of hydrogen-bond donors (Lipinski definition) is 0. The van der Waals surface area contributed by atoms with Crippen LogP contribution in [-0.4, -0.2) is 76.6 Å². The lowest BCUT2D eigenvalue weighted by Gasteiger charge is -2.34. The Bertz CT molecular complexity index is 2050. The largest absolute Gasteiger partial charge is 0.461 e. The van der Waals surface area contributed by atoms with E-state index in [1.807, 2.05) is 0 Å². The van der Waals surface area contributed by atoms with Crippen LogP contribution >= 0.6 is 0 Å². The Balaban J connectivity index is 1.31. The first kappa shape index (κ1) is 30.9. The van der Waals surface area contributed by atoms with E-state index in [0.29, 0.717) is 53.6 Å². The van der Waals surface area contributed by atoms with E-state index in [4.69, 9.17) is 20.9 Å². The molecule has 2 bridgehead atoms. The highest BCUT2D eigenvalue weighted by atomic mass is 19.1. The van der Waals surface area contributed by atoms with Gasteiger partial charge in [-0.05, 0) is 75.2 Å². The molecule has 4 aliphatic heterocycles. The number of aromatic nitrogens is 3. The van der Waals surface area contributed by atoms with Gasteiger partial charge in [-0.2, -0.15) is 15.2 Å². The SMILES string of the molecule is C#Cc1c(F)ccc2cc(C(C)(C)C#N)cc(-c3ncc4c(N5C[C@H]6CC[C@@H](C5)O6)nc(OC[C@@]56CCCN5C[C@H](F)C6)nc4c3F)c12. The first-order chi connectivity index (χ1) is 23.1. The number of anilines is 1. The summed E-state index contributed by atoms with van der Waals surface area (Å²) in [4.78, 5) is 18.2. The number of fused-ring (bicyclic) bond motifs is 5. The van der Waals surface area contributed by atoms with Crippen LogP contribution in [-0.2, 0) is 10.2 Å². The second-order valence-corrected chi connectivity index (χ2v) is 14.2. The van der Waals surface area contributed by atoms with E-state index in [9.17, 15) is 9.65 Å². The fourth-order valence-electron chi connectivity index (χ4n) is 8.14. The minimum absolute atomic E-state index is 0.00416. The van der Waals surface area contributed by atoms with Crippen molar-refractivity contribution in [2.45, 2.75) is 75.3 Å². The van der Waals surface area contributed by atoms with Gasteiger partial charge in [0.05, 0.1) is 40.2 Å². The van der Waals surface area contributed by atoms with Crippen molar-refractivity contribution in [3.8, 4) is 35.7 Å². The first-order valence-corrected chi connectivity index (χ1v) is 16.5. The lowest BCUT2D eigenvalue weighted by Crippen LogP contribution is -2.44. The Labute approximate surface area is 276 Å². The number of terminal acetylenes is 1. The Kier molecular flexibility index (Phi) is 7.28. The molecule has 0 N–H and O–H groups in total. The van der Waals surface area contributed by atoms with Gasteiger partial charge in [-0.3, -0.25) is 9.88 Å². The van der Waals surface area contributed by atoms with E-state index in [1.165, 1.54) is 12.3 Å². The third-order valence-corrected chi connectivity index (χ3v) is 10.7. The van der Waals surface area contributed by atoms with Crippen LogP contribution in [0.25, 0.3) is 32.9 Å². The molecule has 0 spiro atoms.